The number of hydrogen-bond acceptors (Lipinski definition) is 4. The number of nitrogens with zero attached hydrogens (tertiary/aromatic N) is 2. The summed E-state index contributed by atoms with van der Waals surface area (Å²) in [6, 6.07) is 4.48. The molecule has 0 radical (unpaired) electrons. The van der Waals surface area contributed by atoms with Gasteiger partial charge in [-0.15, -0.1) is 0 Å². The van der Waals surface area contributed by atoms with Gasteiger partial charge >= 0.3 is 6.18 Å². The number of hydrogen-bond donors (Lipinski definition) is 3. The first-order valence-corrected chi connectivity index (χ1v) is 10.0. The molecule has 11 heteroatoms. The largest absolute Gasteiger partial charge is 0.414 e. The second-order valence-corrected chi connectivity index (χ2v) is 7.89. The van der Waals surface area contributed by atoms with Crippen LogP contribution in [0.2, 0.25) is 0 Å². The predicted molar refractivity (Wildman–Crippen MR) is 107 cm³/mol. The molecule has 0 bridgehead atoms. The molecular formula is C21H20F4N4O3. The van der Waals surface area contributed by atoms with Crippen molar-refractivity contribution in [3.05, 3.63) is 57.4 Å². The van der Waals surface area contributed by atoms with Crippen LogP contribution >= 0.6 is 0 Å². The summed E-state index contributed by atoms with van der Waals surface area (Å²) in [7, 11) is 0. The summed E-state index contributed by atoms with van der Waals surface area (Å²) >= 11 is 0. The standard InChI is InChI=1S/C21H20F4N4O3/c1-10-2-3-12(8-13(10)22)14-9-29-18(20(32)27-14)16(11-4-5-11)17(28-29)19(31)26-7-6-15(30)21(23,24)25/h2-3,8-9,11,15,30H,4-7H2,1H3,(H,26,31)(H,27,32). The van der Waals surface area contributed by atoms with Gasteiger partial charge in [0.15, 0.2) is 11.8 Å². The molecule has 0 saturated heterocycles. The number of aromatic amines is 1. The number of amides is 1. The van der Waals surface area contributed by atoms with Crippen LogP contribution in [0.3, 0.4) is 0 Å². The summed E-state index contributed by atoms with van der Waals surface area (Å²) in [5.74, 6) is -1.23. The van der Waals surface area contributed by atoms with Crippen molar-refractivity contribution in [3.8, 4) is 11.3 Å². The quantitative estimate of drug-likeness (QED) is 0.501. The van der Waals surface area contributed by atoms with Crippen LogP contribution in [0.15, 0.2) is 29.2 Å². The highest BCUT2D eigenvalue weighted by Gasteiger charge is 2.38. The molecule has 1 saturated carbocycles. The number of halogens is 4. The molecule has 2 aromatic heterocycles. The number of benzene rings is 1. The monoisotopic (exact) mass is 452 g/mol. The number of alkyl halides is 3. The first-order valence-electron chi connectivity index (χ1n) is 10.0. The van der Waals surface area contributed by atoms with E-state index in [0.29, 0.717) is 22.4 Å². The van der Waals surface area contributed by atoms with Gasteiger partial charge in [0.05, 0.1) is 11.9 Å². The highest BCUT2D eigenvalue weighted by atomic mass is 19.4. The van der Waals surface area contributed by atoms with Gasteiger partial charge in [0.1, 0.15) is 11.3 Å². The van der Waals surface area contributed by atoms with Crippen molar-refractivity contribution in [2.75, 3.05) is 6.54 Å². The lowest BCUT2D eigenvalue weighted by Crippen LogP contribution is -2.34. The Labute approximate surface area is 179 Å². The number of carbonyl (C=O) groups is 1. The van der Waals surface area contributed by atoms with Crippen LogP contribution in [-0.4, -0.2) is 44.4 Å². The number of aliphatic hydroxyl groups is 1. The second-order valence-electron chi connectivity index (χ2n) is 7.89. The lowest BCUT2D eigenvalue weighted by atomic mass is 10.1. The minimum Gasteiger partial charge on any atom is -0.384 e. The number of H-pyrrole nitrogens is 1. The van der Waals surface area contributed by atoms with Crippen molar-refractivity contribution >= 4 is 11.4 Å². The van der Waals surface area contributed by atoms with E-state index >= 15 is 0 Å². The number of rotatable bonds is 6. The highest BCUT2D eigenvalue weighted by molar-refractivity contribution is 5.96. The van der Waals surface area contributed by atoms with E-state index in [9.17, 15) is 27.2 Å². The van der Waals surface area contributed by atoms with Crippen LogP contribution in [0.25, 0.3) is 16.8 Å². The van der Waals surface area contributed by atoms with Gasteiger partial charge in [-0.25, -0.2) is 8.91 Å². The van der Waals surface area contributed by atoms with Crippen LogP contribution in [-0.2, 0) is 0 Å². The van der Waals surface area contributed by atoms with Crippen LogP contribution in [0.5, 0.6) is 0 Å². The number of carbonyl (C=O) groups excluding carboxylic acids is 1. The van der Waals surface area contributed by atoms with Crippen LogP contribution in [0.1, 0.15) is 46.8 Å². The maximum atomic E-state index is 14.0. The van der Waals surface area contributed by atoms with Gasteiger partial charge in [0.25, 0.3) is 11.5 Å². The molecule has 1 atom stereocenters. The van der Waals surface area contributed by atoms with Crippen LogP contribution < -0.4 is 10.9 Å². The second kappa shape index (κ2) is 8.05. The van der Waals surface area contributed by atoms with E-state index in [4.69, 9.17) is 5.11 Å². The molecule has 1 aliphatic rings. The lowest BCUT2D eigenvalue weighted by molar-refractivity contribution is -0.204. The Morgan fingerprint density at radius 1 is 1.38 bits per heavy atom. The molecule has 1 amide bonds. The smallest absolute Gasteiger partial charge is 0.384 e. The summed E-state index contributed by atoms with van der Waals surface area (Å²) in [4.78, 5) is 28.2. The lowest BCUT2D eigenvalue weighted by Gasteiger charge is -2.14. The third kappa shape index (κ3) is 4.24. The van der Waals surface area contributed by atoms with Crippen molar-refractivity contribution in [3.63, 3.8) is 0 Å². The highest BCUT2D eigenvalue weighted by Crippen LogP contribution is 2.43. The fourth-order valence-corrected chi connectivity index (χ4v) is 3.51. The Bertz CT molecular complexity index is 1240. The van der Waals surface area contributed by atoms with Gasteiger partial charge in [-0.2, -0.15) is 18.3 Å². The molecular weight excluding hydrogens is 432 g/mol. The molecule has 2 heterocycles. The zero-order valence-electron chi connectivity index (χ0n) is 17.0. The van der Waals surface area contributed by atoms with Crippen molar-refractivity contribution in [2.24, 2.45) is 0 Å². The third-order valence-electron chi connectivity index (χ3n) is 5.43. The van der Waals surface area contributed by atoms with Gasteiger partial charge in [-0.1, -0.05) is 12.1 Å². The molecule has 1 aromatic carbocycles. The zero-order valence-corrected chi connectivity index (χ0v) is 17.0. The molecule has 32 heavy (non-hydrogen) atoms. The Morgan fingerprint density at radius 2 is 2.09 bits per heavy atom. The Balaban J connectivity index is 1.67. The molecule has 3 aromatic rings. The first kappa shape index (κ1) is 22.0. The molecule has 3 N–H and O–H groups in total. The molecule has 0 aliphatic heterocycles. The van der Waals surface area contributed by atoms with Gasteiger partial charge in [0.2, 0.25) is 0 Å². The Kier molecular flexibility index (Phi) is 5.53. The Hall–Kier alpha value is -3.21. The minimum absolute atomic E-state index is 0.0493. The molecule has 1 fully saturated rings. The van der Waals surface area contributed by atoms with E-state index in [1.807, 2.05) is 0 Å². The number of fused-ring (bicyclic) bond motifs is 1. The molecule has 4 rings (SSSR count). The van der Waals surface area contributed by atoms with Crippen molar-refractivity contribution in [1.29, 1.82) is 0 Å². The van der Waals surface area contributed by atoms with Crippen molar-refractivity contribution < 1.29 is 27.5 Å². The third-order valence-corrected chi connectivity index (χ3v) is 5.43. The van der Waals surface area contributed by atoms with Crippen molar-refractivity contribution in [1.82, 2.24) is 19.9 Å². The summed E-state index contributed by atoms with van der Waals surface area (Å²) < 4.78 is 52.5. The van der Waals surface area contributed by atoms with E-state index < -0.39 is 42.5 Å². The van der Waals surface area contributed by atoms with E-state index in [2.05, 4.69) is 15.4 Å². The number of aryl methyl sites for hydroxylation is 1. The molecule has 0 spiro atoms. The minimum atomic E-state index is -4.77. The van der Waals surface area contributed by atoms with Crippen LogP contribution in [0.4, 0.5) is 17.6 Å². The zero-order chi connectivity index (χ0) is 23.2. The number of aromatic nitrogens is 3. The fourth-order valence-electron chi connectivity index (χ4n) is 3.51. The van der Waals surface area contributed by atoms with Gasteiger partial charge in [0, 0.05) is 17.7 Å². The average molecular weight is 452 g/mol. The maximum absolute atomic E-state index is 14.0. The fraction of sp³-hybridized carbons (Fsp3) is 0.381. The van der Waals surface area contributed by atoms with Crippen molar-refractivity contribution in [2.45, 2.75) is 44.4 Å². The first-order chi connectivity index (χ1) is 15.1. The van der Waals surface area contributed by atoms with Gasteiger partial charge in [-0.05, 0) is 43.7 Å². The summed E-state index contributed by atoms with van der Waals surface area (Å²) in [6.07, 6.45) is -5.06. The Morgan fingerprint density at radius 3 is 2.72 bits per heavy atom. The van der Waals surface area contributed by atoms with E-state index in [1.54, 1.807) is 19.1 Å². The number of aliphatic hydroxyl groups excluding tert-OH is 1. The summed E-state index contributed by atoms with van der Waals surface area (Å²) in [6.45, 7) is 1.20. The van der Waals surface area contributed by atoms with E-state index in [-0.39, 0.29) is 17.1 Å². The molecule has 170 valence electrons. The summed E-state index contributed by atoms with van der Waals surface area (Å²) in [5.41, 5.74) is 1.21. The predicted octanol–water partition coefficient (Wildman–Crippen LogP) is 3.06. The average Bonchev–Trinajstić information content (AvgIpc) is 3.48. The van der Waals surface area contributed by atoms with Crippen LogP contribution in [0, 0.1) is 12.7 Å². The maximum Gasteiger partial charge on any atom is 0.414 e. The molecule has 1 aliphatic carbocycles. The van der Waals surface area contributed by atoms with Gasteiger partial charge in [-0.3, -0.25) is 9.59 Å². The summed E-state index contributed by atoms with van der Waals surface area (Å²) in [5, 5.41) is 15.6. The van der Waals surface area contributed by atoms with E-state index in [1.165, 1.54) is 16.8 Å². The normalized spacial score (nSPS) is 15.2. The van der Waals surface area contributed by atoms with Gasteiger partial charge < -0.3 is 15.4 Å². The number of nitrogens with one attached hydrogen (secondary N) is 2. The SMILES string of the molecule is Cc1ccc(-c2cn3nc(C(=O)NCCC(O)C(F)(F)F)c(C4CC4)c3c(=O)[nH]2)cc1F. The van der Waals surface area contributed by atoms with E-state index in [0.717, 1.165) is 12.8 Å². The molecule has 7 nitrogen and oxygen atoms in total. The molecule has 1 unspecified atom stereocenters. The topological polar surface area (TPSA) is 99.5 Å².